The van der Waals surface area contributed by atoms with Crippen LogP contribution in [0.5, 0.6) is 11.5 Å². The smallest absolute Gasteiger partial charge is 0.264 e. The number of carbonyl (C=O) groups is 3. The summed E-state index contributed by atoms with van der Waals surface area (Å²) in [4.78, 5) is 40.9. The molecule has 2 aromatic carbocycles. The van der Waals surface area contributed by atoms with Crippen molar-refractivity contribution in [2.24, 2.45) is 0 Å². The predicted molar refractivity (Wildman–Crippen MR) is 146 cm³/mol. The molecule has 1 heterocycles. The van der Waals surface area contributed by atoms with Crippen molar-refractivity contribution in [3.63, 3.8) is 0 Å². The monoisotopic (exact) mass is 564 g/mol. The number of nitrogens with zero attached hydrogens (tertiary/aromatic N) is 1. The molecule has 9 nitrogen and oxygen atoms in total. The predicted octanol–water partition coefficient (Wildman–Crippen LogP) is 4.39. The van der Waals surface area contributed by atoms with E-state index in [0.29, 0.717) is 35.7 Å². The van der Waals surface area contributed by atoms with Crippen LogP contribution in [0.2, 0.25) is 0 Å². The molecule has 1 atom stereocenters. The number of amides is 3. The van der Waals surface area contributed by atoms with Gasteiger partial charge in [0.25, 0.3) is 11.8 Å². The lowest BCUT2D eigenvalue weighted by atomic mass is 9.96. The van der Waals surface area contributed by atoms with E-state index in [0.717, 1.165) is 30.4 Å². The number of hydrogen-bond donors (Lipinski definition) is 1. The van der Waals surface area contributed by atoms with E-state index in [1.807, 2.05) is 0 Å². The van der Waals surface area contributed by atoms with Crippen LogP contribution in [0.15, 0.2) is 30.3 Å². The van der Waals surface area contributed by atoms with E-state index in [9.17, 15) is 22.8 Å². The average molecular weight is 565 g/mol. The van der Waals surface area contributed by atoms with E-state index in [-0.39, 0.29) is 22.7 Å². The molecule has 1 N–H and O–H groups in total. The zero-order valence-corrected chi connectivity index (χ0v) is 23.6. The van der Waals surface area contributed by atoms with E-state index in [1.165, 1.54) is 7.11 Å². The molecule has 11 heteroatoms. The van der Waals surface area contributed by atoms with Gasteiger partial charge >= 0.3 is 0 Å². The summed E-state index contributed by atoms with van der Waals surface area (Å²) < 4.78 is 36.0. The molecule has 1 aliphatic rings. The second-order valence-electron chi connectivity index (χ2n) is 9.09. The molecule has 38 heavy (non-hydrogen) atoms. The fraction of sp³-hybridized carbons (Fsp3) is 0.444. The first-order chi connectivity index (χ1) is 18.1. The number of anilines is 1. The Morgan fingerprint density at radius 3 is 2.37 bits per heavy atom. The zero-order valence-electron chi connectivity index (χ0n) is 22.0. The Bertz CT molecular complexity index is 1330. The average Bonchev–Trinajstić information content (AvgIpc) is 3.14. The molecule has 0 spiro atoms. The number of halogens is 1. The molecule has 0 radical (unpaired) electrons. The highest BCUT2D eigenvalue weighted by Crippen LogP contribution is 2.40. The molecule has 206 valence electrons. The third kappa shape index (κ3) is 6.47. The van der Waals surface area contributed by atoms with Crippen LogP contribution in [0.3, 0.4) is 0 Å². The van der Waals surface area contributed by atoms with E-state index < -0.39 is 39.4 Å². The quantitative estimate of drug-likeness (QED) is 0.218. The van der Waals surface area contributed by atoms with Crippen molar-refractivity contribution in [2.45, 2.75) is 45.6 Å². The molecule has 0 aromatic heterocycles. The number of rotatable bonds is 13. The number of sulfone groups is 1. The van der Waals surface area contributed by atoms with Crippen molar-refractivity contribution in [2.75, 3.05) is 36.9 Å². The number of nitrogens with one attached hydrogen (secondary N) is 1. The van der Waals surface area contributed by atoms with Crippen LogP contribution >= 0.6 is 11.6 Å². The van der Waals surface area contributed by atoms with Gasteiger partial charge in [0, 0.05) is 6.26 Å². The summed E-state index contributed by atoms with van der Waals surface area (Å²) in [5.74, 6) is -1.86. The number of fused-ring (bicyclic) bond motifs is 1. The molecule has 0 bridgehead atoms. The van der Waals surface area contributed by atoms with E-state index in [1.54, 1.807) is 37.3 Å². The number of imide groups is 1. The lowest BCUT2D eigenvalue weighted by molar-refractivity contribution is -0.113. The number of aryl methyl sites for hydroxylation is 1. The minimum atomic E-state index is -3.65. The standard InChI is InChI=1S/C27H33ClN2O7S/c1-5-7-8-9-17-10-12-19(29-23(31)15-28)25-24(17)26(32)30(27(25)33)20(16-38(4,34)35)18-11-13-21(36-3)22(14-18)37-6-2/h10-14,20H,5-9,15-16H2,1-4H3,(H,29,31)/t20-/m1/s1. The Kier molecular flexibility index (Phi) is 9.78. The van der Waals surface area contributed by atoms with Crippen molar-refractivity contribution < 1.29 is 32.3 Å². The van der Waals surface area contributed by atoms with E-state index in [4.69, 9.17) is 21.1 Å². The van der Waals surface area contributed by atoms with Gasteiger partial charge in [-0.2, -0.15) is 0 Å². The molecule has 3 rings (SSSR count). The summed E-state index contributed by atoms with van der Waals surface area (Å²) in [5.41, 5.74) is 1.44. The maximum absolute atomic E-state index is 13.9. The molecule has 0 saturated heterocycles. The van der Waals surface area contributed by atoms with Crippen molar-refractivity contribution in [3.8, 4) is 11.5 Å². The van der Waals surface area contributed by atoms with Crippen LogP contribution in [0.1, 0.15) is 71.0 Å². The molecule has 1 aliphatic heterocycles. The Morgan fingerprint density at radius 1 is 1.05 bits per heavy atom. The number of alkyl halides is 1. The highest BCUT2D eigenvalue weighted by atomic mass is 35.5. The second kappa shape index (κ2) is 12.6. The maximum atomic E-state index is 13.9. The SMILES string of the molecule is CCCCCc1ccc(NC(=O)CCl)c2c1C(=O)N([C@H](CS(C)(=O)=O)c1ccc(OC)c(OCC)c1)C2=O. The van der Waals surface area contributed by atoms with Crippen LogP contribution in [0.25, 0.3) is 0 Å². The van der Waals surface area contributed by atoms with Gasteiger partial charge in [-0.1, -0.05) is 31.9 Å². The molecular weight excluding hydrogens is 532 g/mol. The fourth-order valence-corrected chi connectivity index (χ4v) is 5.55. The number of carbonyl (C=O) groups excluding carboxylic acids is 3. The van der Waals surface area contributed by atoms with Gasteiger partial charge in [-0.3, -0.25) is 19.3 Å². The lowest BCUT2D eigenvalue weighted by Gasteiger charge is -2.27. The third-order valence-electron chi connectivity index (χ3n) is 6.25. The Balaban J connectivity index is 2.17. The van der Waals surface area contributed by atoms with Gasteiger partial charge < -0.3 is 14.8 Å². The summed E-state index contributed by atoms with van der Waals surface area (Å²) in [6.45, 7) is 4.18. The minimum Gasteiger partial charge on any atom is -0.493 e. The molecule has 0 saturated carbocycles. The summed E-state index contributed by atoms with van der Waals surface area (Å²) in [7, 11) is -2.17. The van der Waals surface area contributed by atoms with Gasteiger partial charge in [0.2, 0.25) is 5.91 Å². The molecule has 0 aliphatic carbocycles. The van der Waals surface area contributed by atoms with Gasteiger partial charge in [0.05, 0.1) is 42.3 Å². The number of unbranched alkanes of at least 4 members (excludes halogenated alkanes) is 2. The zero-order chi connectivity index (χ0) is 28.0. The van der Waals surface area contributed by atoms with Crippen LogP contribution < -0.4 is 14.8 Å². The first-order valence-corrected chi connectivity index (χ1v) is 15.0. The molecule has 2 aromatic rings. The van der Waals surface area contributed by atoms with Crippen LogP contribution in [0, 0.1) is 0 Å². The van der Waals surface area contributed by atoms with Crippen LogP contribution in [0.4, 0.5) is 5.69 Å². The summed E-state index contributed by atoms with van der Waals surface area (Å²) >= 11 is 5.67. The molecular formula is C27H33ClN2O7S. The largest absolute Gasteiger partial charge is 0.493 e. The van der Waals surface area contributed by atoms with E-state index >= 15 is 0 Å². The Morgan fingerprint density at radius 2 is 1.76 bits per heavy atom. The van der Waals surface area contributed by atoms with Gasteiger partial charge in [0.15, 0.2) is 11.5 Å². The number of hydrogen-bond acceptors (Lipinski definition) is 7. The second-order valence-corrected chi connectivity index (χ2v) is 11.5. The fourth-order valence-electron chi connectivity index (χ4n) is 4.57. The summed E-state index contributed by atoms with van der Waals surface area (Å²) in [6.07, 6.45) is 4.32. The van der Waals surface area contributed by atoms with Crippen molar-refractivity contribution in [3.05, 3.63) is 52.6 Å². The van der Waals surface area contributed by atoms with Crippen LogP contribution in [-0.4, -0.2) is 62.6 Å². The first kappa shape index (κ1) is 29.4. The Hall–Kier alpha value is -3.11. The Labute approximate surface area is 228 Å². The maximum Gasteiger partial charge on any atom is 0.264 e. The molecule has 0 fully saturated rings. The summed E-state index contributed by atoms with van der Waals surface area (Å²) in [5, 5.41) is 2.60. The number of benzene rings is 2. The normalized spacial score (nSPS) is 13.9. The summed E-state index contributed by atoms with van der Waals surface area (Å²) in [6, 6.07) is 6.97. The van der Waals surface area contributed by atoms with Crippen molar-refractivity contribution >= 4 is 44.8 Å². The molecule has 3 amide bonds. The minimum absolute atomic E-state index is 0.0412. The van der Waals surface area contributed by atoms with Gasteiger partial charge in [-0.15, -0.1) is 11.6 Å². The van der Waals surface area contributed by atoms with Gasteiger partial charge in [-0.05, 0) is 49.1 Å². The van der Waals surface area contributed by atoms with Crippen molar-refractivity contribution in [1.29, 1.82) is 0 Å². The topological polar surface area (TPSA) is 119 Å². The van der Waals surface area contributed by atoms with Crippen LogP contribution in [-0.2, 0) is 21.1 Å². The van der Waals surface area contributed by atoms with Gasteiger partial charge in [0.1, 0.15) is 15.7 Å². The first-order valence-electron chi connectivity index (χ1n) is 12.4. The molecule has 0 unspecified atom stereocenters. The van der Waals surface area contributed by atoms with Crippen molar-refractivity contribution in [1.82, 2.24) is 4.90 Å². The lowest BCUT2D eigenvalue weighted by Crippen LogP contribution is -2.38. The third-order valence-corrected chi connectivity index (χ3v) is 7.41. The highest BCUT2D eigenvalue weighted by Gasteiger charge is 2.44. The number of methoxy groups -OCH3 is 1. The van der Waals surface area contributed by atoms with E-state index in [2.05, 4.69) is 12.2 Å². The number of ether oxygens (including phenoxy) is 2. The van der Waals surface area contributed by atoms with Gasteiger partial charge in [-0.25, -0.2) is 8.42 Å². The highest BCUT2D eigenvalue weighted by molar-refractivity contribution is 7.90.